The van der Waals surface area contributed by atoms with Gasteiger partial charge in [0, 0.05) is 23.1 Å². The predicted molar refractivity (Wildman–Crippen MR) is 159 cm³/mol. The first kappa shape index (κ1) is 29.5. The Hall–Kier alpha value is -5.00. The van der Waals surface area contributed by atoms with Gasteiger partial charge in [-0.15, -0.1) is 0 Å². The molecule has 220 valence electrons. The molecule has 0 spiro atoms. The summed E-state index contributed by atoms with van der Waals surface area (Å²) in [5, 5.41) is 16.7. The van der Waals surface area contributed by atoms with Crippen LogP contribution in [-0.4, -0.2) is 33.0 Å². The summed E-state index contributed by atoms with van der Waals surface area (Å²) in [4.78, 5) is 31.3. The van der Waals surface area contributed by atoms with Crippen LogP contribution in [0.3, 0.4) is 0 Å². The molecular weight excluding hydrogens is 577 g/mol. The number of amides is 1. The Labute approximate surface area is 250 Å². The van der Waals surface area contributed by atoms with Crippen molar-refractivity contribution in [2.24, 2.45) is 5.73 Å². The molecule has 0 aliphatic rings. The lowest BCUT2D eigenvalue weighted by Gasteiger charge is -2.12. The second-order valence-corrected chi connectivity index (χ2v) is 10.1. The summed E-state index contributed by atoms with van der Waals surface area (Å²) in [6, 6.07) is 19.6. The maximum atomic E-state index is 13.5. The van der Waals surface area contributed by atoms with Crippen molar-refractivity contribution < 1.29 is 28.2 Å². The summed E-state index contributed by atoms with van der Waals surface area (Å²) in [7, 11) is 0. The number of furan rings is 1. The lowest BCUT2D eigenvalue weighted by Crippen LogP contribution is -2.37. The van der Waals surface area contributed by atoms with Crippen molar-refractivity contribution in [2.45, 2.75) is 32.0 Å². The first-order valence-corrected chi connectivity index (χ1v) is 13.6. The molecule has 1 amide bonds. The van der Waals surface area contributed by atoms with E-state index in [0.717, 1.165) is 10.9 Å². The minimum absolute atomic E-state index is 0.0381. The summed E-state index contributed by atoms with van der Waals surface area (Å²) >= 11 is 6.47. The molecule has 43 heavy (non-hydrogen) atoms. The van der Waals surface area contributed by atoms with E-state index in [-0.39, 0.29) is 31.8 Å². The number of carbonyl (C=O) groups excluding carboxylic acids is 1. The van der Waals surface area contributed by atoms with E-state index in [0.29, 0.717) is 44.9 Å². The summed E-state index contributed by atoms with van der Waals surface area (Å²) in [5.74, 6) is 0.126. The van der Waals surface area contributed by atoms with Crippen molar-refractivity contribution in [3.8, 4) is 17.1 Å². The molecule has 0 aliphatic heterocycles. The van der Waals surface area contributed by atoms with Crippen LogP contribution in [0, 0.1) is 5.82 Å². The molecule has 1 atom stereocenters. The van der Waals surface area contributed by atoms with E-state index in [1.807, 2.05) is 18.2 Å². The number of nitrogens with two attached hydrogens (primary N) is 1. The molecule has 12 heteroatoms. The monoisotopic (exact) mass is 603 g/mol. The third kappa shape index (κ3) is 7.64. The largest absolute Gasteiger partial charge is 0.487 e. The van der Waals surface area contributed by atoms with E-state index >= 15 is 0 Å². The number of nitrogens with zero attached hydrogens (tertiary/aromatic N) is 2. The van der Waals surface area contributed by atoms with Crippen molar-refractivity contribution in [1.82, 2.24) is 15.3 Å². The molecule has 5 aromatic rings. The maximum Gasteiger partial charge on any atom is 0.320 e. The maximum absolute atomic E-state index is 13.5. The van der Waals surface area contributed by atoms with Crippen molar-refractivity contribution >= 4 is 45.9 Å². The summed E-state index contributed by atoms with van der Waals surface area (Å²) < 4.78 is 25.2. The highest BCUT2D eigenvalue weighted by atomic mass is 35.5. The Morgan fingerprint density at radius 1 is 1.07 bits per heavy atom. The molecule has 0 fully saturated rings. The fourth-order valence-corrected chi connectivity index (χ4v) is 4.62. The van der Waals surface area contributed by atoms with Crippen LogP contribution >= 0.6 is 11.6 Å². The molecule has 0 bridgehead atoms. The van der Waals surface area contributed by atoms with Crippen LogP contribution in [0.2, 0.25) is 5.02 Å². The molecule has 0 aliphatic carbocycles. The SMILES string of the molecule is NC(=O)CCC(NCc1ccc(-c2ccc3ncnc(Nc4ccc(OCc5cccc(F)c5)c(Cl)c4)c3c2)o1)C(=O)O. The van der Waals surface area contributed by atoms with Crippen molar-refractivity contribution in [3.63, 3.8) is 0 Å². The summed E-state index contributed by atoms with van der Waals surface area (Å²) in [5.41, 5.74) is 7.97. The quantitative estimate of drug-likeness (QED) is 0.130. The number of carboxylic acids is 1. The van der Waals surface area contributed by atoms with Gasteiger partial charge in [-0.1, -0.05) is 23.7 Å². The molecule has 0 saturated heterocycles. The topological polar surface area (TPSA) is 153 Å². The van der Waals surface area contributed by atoms with E-state index in [1.165, 1.54) is 18.5 Å². The number of carboxylic acid groups (broad SMARTS) is 1. The highest BCUT2D eigenvalue weighted by Gasteiger charge is 2.18. The number of ether oxygens (including phenoxy) is 1. The van der Waals surface area contributed by atoms with E-state index in [9.17, 15) is 19.1 Å². The van der Waals surface area contributed by atoms with Crippen molar-refractivity contribution in [1.29, 1.82) is 0 Å². The van der Waals surface area contributed by atoms with E-state index in [4.69, 9.17) is 26.5 Å². The first-order chi connectivity index (χ1) is 20.7. The average molecular weight is 604 g/mol. The zero-order valence-electron chi connectivity index (χ0n) is 22.7. The highest BCUT2D eigenvalue weighted by molar-refractivity contribution is 6.32. The van der Waals surface area contributed by atoms with Gasteiger partial charge in [0.2, 0.25) is 5.91 Å². The van der Waals surface area contributed by atoms with Crippen LogP contribution in [0.15, 0.2) is 83.5 Å². The Morgan fingerprint density at radius 3 is 2.70 bits per heavy atom. The van der Waals surface area contributed by atoms with E-state index in [1.54, 1.807) is 42.5 Å². The Kier molecular flexibility index (Phi) is 9.14. The normalized spacial score (nSPS) is 11.8. The van der Waals surface area contributed by atoms with Gasteiger partial charge in [-0.05, 0) is 72.6 Å². The fourth-order valence-electron chi connectivity index (χ4n) is 4.38. The van der Waals surface area contributed by atoms with Gasteiger partial charge < -0.3 is 25.3 Å². The second kappa shape index (κ2) is 13.3. The van der Waals surface area contributed by atoms with Gasteiger partial charge in [0.1, 0.15) is 47.9 Å². The first-order valence-electron chi connectivity index (χ1n) is 13.3. The molecule has 1 unspecified atom stereocenters. The molecule has 3 aromatic carbocycles. The number of hydrogen-bond donors (Lipinski definition) is 4. The third-order valence-electron chi connectivity index (χ3n) is 6.56. The smallest absolute Gasteiger partial charge is 0.320 e. The van der Waals surface area contributed by atoms with E-state index < -0.39 is 17.9 Å². The van der Waals surface area contributed by atoms with Crippen LogP contribution in [-0.2, 0) is 22.7 Å². The standard InChI is InChI=1S/C31H27ClFN5O5/c32-24-14-21(5-9-28(24)42-16-18-2-1-3-20(33)12-18)38-30-23-13-19(4-7-25(23)36-17-37-30)27-10-6-22(43-27)15-35-26(31(40)41)8-11-29(34)39/h1-7,9-10,12-14,17,26,35H,8,11,15-16H2,(H2,34,39)(H,40,41)(H,36,37,38). The molecule has 5 rings (SSSR count). The van der Waals surface area contributed by atoms with Gasteiger partial charge in [0.15, 0.2) is 0 Å². The van der Waals surface area contributed by atoms with Crippen LogP contribution < -0.4 is 21.1 Å². The average Bonchev–Trinajstić information content (AvgIpc) is 3.45. The van der Waals surface area contributed by atoms with Crippen molar-refractivity contribution in [2.75, 3.05) is 5.32 Å². The fraction of sp³-hybridized carbons (Fsp3) is 0.161. The van der Waals surface area contributed by atoms with Crippen LogP contribution in [0.25, 0.3) is 22.2 Å². The van der Waals surface area contributed by atoms with Crippen molar-refractivity contribution in [3.05, 3.63) is 101 Å². The number of primary amides is 1. The predicted octanol–water partition coefficient (Wildman–Crippen LogP) is 5.81. The number of nitrogens with one attached hydrogen (secondary N) is 2. The number of benzene rings is 3. The summed E-state index contributed by atoms with van der Waals surface area (Å²) in [6.07, 6.45) is 1.49. The van der Waals surface area contributed by atoms with E-state index in [2.05, 4.69) is 20.6 Å². The zero-order valence-corrected chi connectivity index (χ0v) is 23.5. The Bertz CT molecular complexity index is 1780. The number of carbonyl (C=O) groups is 2. The number of aliphatic carboxylic acids is 1. The molecular formula is C31H27ClFN5O5. The number of rotatable bonds is 13. The molecule has 5 N–H and O–H groups in total. The van der Waals surface area contributed by atoms with Gasteiger partial charge in [-0.3, -0.25) is 14.9 Å². The highest BCUT2D eigenvalue weighted by Crippen LogP contribution is 2.33. The van der Waals surface area contributed by atoms with Crippen LogP contribution in [0.4, 0.5) is 15.9 Å². The lowest BCUT2D eigenvalue weighted by molar-refractivity contribution is -0.139. The minimum Gasteiger partial charge on any atom is -0.487 e. The number of halogens is 2. The molecule has 0 radical (unpaired) electrons. The van der Waals surface area contributed by atoms with Gasteiger partial charge in [0.25, 0.3) is 0 Å². The second-order valence-electron chi connectivity index (χ2n) is 9.69. The molecule has 0 saturated carbocycles. The Balaban J connectivity index is 1.29. The lowest BCUT2D eigenvalue weighted by atomic mass is 10.1. The number of anilines is 2. The van der Waals surface area contributed by atoms with Gasteiger partial charge in [-0.2, -0.15) is 0 Å². The summed E-state index contributed by atoms with van der Waals surface area (Å²) in [6.45, 7) is 0.325. The van der Waals surface area contributed by atoms with Gasteiger partial charge in [0.05, 0.1) is 17.1 Å². The number of hydrogen-bond acceptors (Lipinski definition) is 8. The van der Waals surface area contributed by atoms with Gasteiger partial charge >= 0.3 is 5.97 Å². The minimum atomic E-state index is -1.07. The molecule has 2 heterocycles. The van der Waals surface area contributed by atoms with Crippen LogP contribution in [0.5, 0.6) is 5.75 Å². The third-order valence-corrected chi connectivity index (χ3v) is 6.86. The Morgan fingerprint density at radius 2 is 1.93 bits per heavy atom. The van der Waals surface area contributed by atoms with Crippen LogP contribution in [0.1, 0.15) is 24.2 Å². The zero-order chi connectivity index (χ0) is 30.3. The molecule has 2 aromatic heterocycles. The van der Waals surface area contributed by atoms with Gasteiger partial charge in [-0.25, -0.2) is 14.4 Å². The number of fused-ring (bicyclic) bond motifs is 1. The molecule has 10 nitrogen and oxygen atoms in total. The number of aromatic nitrogens is 2.